The molecule has 1 saturated heterocycles. The van der Waals surface area contributed by atoms with Crippen LogP contribution in [0.2, 0.25) is 0 Å². The Bertz CT molecular complexity index is 971. The fourth-order valence-electron chi connectivity index (χ4n) is 3.09. The molecule has 27 heavy (non-hydrogen) atoms. The zero-order valence-electron chi connectivity index (χ0n) is 14.5. The van der Waals surface area contributed by atoms with Crippen LogP contribution < -0.4 is 4.74 Å². The van der Waals surface area contributed by atoms with Crippen LogP contribution in [0, 0.1) is 0 Å². The molecule has 3 heterocycles. The van der Waals surface area contributed by atoms with Crippen molar-refractivity contribution in [1.82, 2.24) is 14.5 Å². The van der Waals surface area contributed by atoms with Crippen molar-refractivity contribution in [3.63, 3.8) is 0 Å². The fraction of sp³-hybridized carbons (Fsp3) is 0.333. The van der Waals surface area contributed by atoms with Crippen molar-refractivity contribution in [2.75, 3.05) is 18.9 Å². The second-order valence-electron chi connectivity index (χ2n) is 6.20. The van der Waals surface area contributed by atoms with Gasteiger partial charge in [-0.1, -0.05) is 18.2 Å². The van der Waals surface area contributed by atoms with E-state index in [-0.39, 0.29) is 12.4 Å². The Hall–Kier alpha value is -2.23. The molecule has 2 aromatic heterocycles. The van der Waals surface area contributed by atoms with E-state index in [0.29, 0.717) is 30.5 Å². The van der Waals surface area contributed by atoms with Gasteiger partial charge in [0.2, 0.25) is 21.8 Å². The van der Waals surface area contributed by atoms with E-state index in [0.717, 1.165) is 12.0 Å². The molecule has 0 saturated carbocycles. The van der Waals surface area contributed by atoms with Crippen molar-refractivity contribution in [3.05, 3.63) is 53.0 Å². The molecule has 0 aliphatic carbocycles. The number of nitrogens with zero attached hydrogens (tertiary/aromatic N) is 3. The van der Waals surface area contributed by atoms with Crippen LogP contribution in [-0.4, -0.2) is 41.8 Å². The summed E-state index contributed by atoms with van der Waals surface area (Å²) in [6, 6.07) is 10.7. The van der Waals surface area contributed by atoms with Crippen LogP contribution in [0.15, 0.2) is 51.6 Å². The van der Waals surface area contributed by atoms with E-state index in [4.69, 9.17) is 9.15 Å². The minimum absolute atomic E-state index is 0.0933. The molecule has 0 N–H and O–H groups in total. The second-order valence-corrected chi connectivity index (χ2v) is 9.02. The third-order valence-electron chi connectivity index (χ3n) is 4.41. The van der Waals surface area contributed by atoms with E-state index in [1.165, 1.54) is 15.6 Å². The molecule has 142 valence electrons. The van der Waals surface area contributed by atoms with Crippen LogP contribution in [0.3, 0.4) is 0 Å². The number of sulfonamides is 1. The van der Waals surface area contributed by atoms with Gasteiger partial charge in [0.1, 0.15) is 18.4 Å². The zero-order chi connectivity index (χ0) is 18.7. The molecule has 4 rings (SSSR count). The number of aromatic nitrogens is 2. The topological polar surface area (TPSA) is 85.5 Å². The van der Waals surface area contributed by atoms with Gasteiger partial charge in [0, 0.05) is 17.5 Å². The largest absolute Gasteiger partial charge is 0.492 e. The Morgan fingerprint density at radius 2 is 2.07 bits per heavy atom. The Kier molecular flexibility index (Phi) is 5.24. The minimum atomic E-state index is -3.49. The molecule has 1 fully saturated rings. The minimum Gasteiger partial charge on any atom is -0.492 e. The van der Waals surface area contributed by atoms with Crippen molar-refractivity contribution in [3.8, 4) is 17.2 Å². The molecule has 9 heteroatoms. The molecule has 1 aliphatic heterocycles. The predicted octanol–water partition coefficient (Wildman–Crippen LogP) is 3.34. The summed E-state index contributed by atoms with van der Waals surface area (Å²) in [6.07, 6.45) is 1.43. The van der Waals surface area contributed by atoms with E-state index in [1.807, 2.05) is 35.0 Å². The number of thiophene rings is 1. The third-order valence-corrected chi connectivity index (χ3v) is 6.93. The van der Waals surface area contributed by atoms with Gasteiger partial charge in [0.25, 0.3) is 0 Å². The fourth-order valence-corrected chi connectivity index (χ4v) is 5.24. The molecule has 3 aromatic rings. The lowest BCUT2D eigenvalue weighted by Gasteiger charge is -2.21. The van der Waals surface area contributed by atoms with Crippen LogP contribution >= 0.6 is 11.3 Å². The molecule has 0 spiro atoms. The van der Waals surface area contributed by atoms with E-state index in [9.17, 15) is 8.42 Å². The number of hydrogen-bond acceptors (Lipinski definition) is 7. The predicted molar refractivity (Wildman–Crippen MR) is 102 cm³/mol. The molecule has 0 bridgehead atoms. The van der Waals surface area contributed by atoms with Gasteiger partial charge in [-0.15, -0.1) is 10.2 Å². The smallest absolute Gasteiger partial charge is 0.248 e. The van der Waals surface area contributed by atoms with Gasteiger partial charge in [-0.2, -0.15) is 15.6 Å². The summed E-state index contributed by atoms with van der Waals surface area (Å²) in [5.41, 5.74) is 0.849. The maximum Gasteiger partial charge on any atom is 0.248 e. The summed E-state index contributed by atoms with van der Waals surface area (Å²) in [7, 11) is -3.49. The van der Waals surface area contributed by atoms with Crippen LogP contribution in [-0.2, 0) is 10.0 Å². The lowest BCUT2D eigenvalue weighted by atomic mass is 10.2. The summed E-state index contributed by atoms with van der Waals surface area (Å²) in [6.45, 7) is 0.550. The molecule has 1 aromatic carbocycles. The van der Waals surface area contributed by atoms with E-state index < -0.39 is 16.1 Å². The zero-order valence-corrected chi connectivity index (χ0v) is 16.2. The Balaban J connectivity index is 1.44. The number of rotatable bonds is 7. The SMILES string of the molecule is O=S(=O)(CCOc1ccccc1)N1CCCC1c1nnc(-c2ccsc2)o1. The number of benzene rings is 1. The summed E-state index contributed by atoms with van der Waals surface area (Å²) in [4.78, 5) is 0. The van der Waals surface area contributed by atoms with Crippen LogP contribution in [0.5, 0.6) is 5.75 Å². The normalized spacial score (nSPS) is 18.0. The van der Waals surface area contributed by atoms with Crippen molar-refractivity contribution in [1.29, 1.82) is 0 Å². The first kappa shape index (κ1) is 18.1. The average Bonchev–Trinajstić information content (AvgIpc) is 3.41. The second kappa shape index (κ2) is 7.79. The lowest BCUT2D eigenvalue weighted by molar-refractivity contribution is 0.316. The van der Waals surface area contributed by atoms with Gasteiger partial charge in [0.05, 0.1) is 5.75 Å². The Labute approximate surface area is 161 Å². The van der Waals surface area contributed by atoms with E-state index >= 15 is 0 Å². The molecule has 1 unspecified atom stereocenters. The first-order valence-electron chi connectivity index (χ1n) is 8.67. The molecule has 0 amide bonds. The maximum atomic E-state index is 12.8. The third kappa shape index (κ3) is 4.05. The molecular formula is C18H19N3O4S2. The highest BCUT2D eigenvalue weighted by Crippen LogP contribution is 2.35. The summed E-state index contributed by atoms with van der Waals surface area (Å²) >= 11 is 1.54. The maximum absolute atomic E-state index is 12.8. The molecule has 7 nitrogen and oxygen atoms in total. The number of hydrogen-bond donors (Lipinski definition) is 0. The van der Waals surface area contributed by atoms with Gasteiger partial charge < -0.3 is 9.15 Å². The summed E-state index contributed by atoms with van der Waals surface area (Å²) in [5.74, 6) is 1.33. The van der Waals surface area contributed by atoms with Gasteiger partial charge in [0.15, 0.2) is 0 Å². The Morgan fingerprint density at radius 1 is 1.22 bits per heavy atom. The number of ether oxygens (including phenoxy) is 1. The lowest BCUT2D eigenvalue weighted by Crippen LogP contribution is -2.34. The van der Waals surface area contributed by atoms with Gasteiger partial charge >= 0.3 is 0 Å². The van der Waals surface area contributed by atoms with Gasteiger partial charge in [-0.25, -0.2) is 8.42 Å². The monoisotopic (exact) mass is 405 g/mol. The summed E-state index contributed by atoms with van der Waals surface area (Å²) < 4.78 is 38.4. The van der Waals surface area contributed by atoms with E-state index in [1.54, 1.807) is 12.1 Å². The summed E-state index contributed by atoms with van der Waals surface area (Å²) in [5, 5.41) is 12.0. The van der Waals surface area contributed by atoms with Crippen molar-refractivity contribution >= 4 is 21.4 Å². The first-order valence-corrected chi connectivity index (χ1v) is 11.2. The highest BCUT2D eigenvalue weighted by atomic mass is 32.2. The highest BCUT2D eigenvalue weighted by molar-refractivity contribution is 7.89. The van der Waals surface area contributed by atoms with Crippen LogP contribution in [0.4, 0.5) is 0 Å². The molecule has 1 aliphatic rings. The first-order chi connectivity index (χ1) is 13.1. The van der Waals surface area contributed by atoms with Crippen molar-refractivity contribution in [2.24, 2.45) is 0 Å². The van der Waals surface area contributed by atoms with Gasteiger partial charge in [-0.3, -0.25) is 0 Å². The highest BCUT2D eigenvalue weighted by Gasteiger charge is 2.38. The average molecular weight is 406 g/mol. The molecule has 1 atom stereocenters. The molecular weight excluding hydrogens is 386 g/mol. The quantitative estimate of drug-likeness (QED) is 0.599. The molecule has 0 radical (unpaired) electrons. The van der Waals surface area contributed by atoms with E-state index in [2.05, 4.69) is 10.2 Å². The Morgan fingerprint density at radius 3 is 2.85 bits per heavy atom. The van der Waals surface area contributed by atoms with Crippen LogP contribution in [0.25, 0.3) is 11.5 Å². The van der Waals surface area contributed by atoms with Crippen LogP contribution in [0.1, 0.15) is 24.8 Å². The standard InChI is InChI=1S/C18H19N3O4S2/c22-27(23,12-10-24-15-5-2-1-3-6-15)21-9-4-7-16(21)18-20-19-17(25-18)14-8-11-26-13-14/h1-3,5-6,8,11,13,16H,4,7,9-10,12H2. The number of para-hydroxylation sites is 1. The van der Waals surface area contributed by atoms with Crippen molar-refractivity contribution < 1.29 is 17.6 Å². The van der Waals surface area contributed by atoms with Gasteiger partial charge in [-0.05, 0) is 36.4 Å². The van der Waals surface area contributed by atoms with Crippen molar-refractivity contribution in [2.45, 2.75) is 18.9 Å².